The summed E-state index contributed by atoms with van der Waals surface area (Å²) in [6.45, 7) is 3.28. The first-order chi connectivity index (χ1) is 8.74. The minimum absolute atomic E-state index is 0.511. The SMILES string of the molecule is CCC1(CNc2c(N)cnc3ccccc23)CC1. The summed E-state index contributed by atoms with van der Waals surface area (Å²) in [4.78, 5) is 4.36. The molecule has 2 aromatic rings. The molecule has 3 nitrogen and oxygen atoms in total. The monoisotopic (exact) mass is 241 g/mol. The molecule has 1 aliphatic rings. The molecule has 0 amide bonds. The van der Waals surface area contributed by atoms with E-state index in [-0.39, 0.29) is 0 Å². The van der Waals surface area contributed by atoms with Gasteiger partial charge < -0.3 is 11.1 Å². The van der Waals surface area contributed by atoms with Crippen molar-refractivity contribution in [3.05, 3.63) is 30.5 Å². The highest BCUT2D eigenvalue weighted by Crippen LogP contribution is 2.48. The van der Waals surface area contributed by atoms with Crippen LogP contribution < -0.4 is 11.1 Å². The number of nitrogens with one attached hydrogen (secondary N) is 1. The maximum atomic E-state index is 6.05. The van der Waals surface area contributed by atoms with E-state index in [9.17, 15) is 0 Å². The van der Waals surface area contributed by atoms with Gasteiger partial charge in [0.2, 0.25) is 0 Å². The number of pyridine rings is 1. The topological polar surface area (TPSA) is 50.9 Å². The van der Waals surface area contributed by atoms with Gasteiger partial charge in [0.05, 0.1) is 23.1 Å². The Balaban J connectivity index is 1.92. The number of nitrogens with zero attached hydrogens (tertiary/aromatic N) is 1. The third-order valence-electron chi connectivity index (χ3n) is 4.15. The molecule has 1 heterocycles. The van der Waals surface area contributed by atoms with Crippen molar-refractivity contribution in [3.8, 4) is 0 Å². The molecule has 3 rings (SSSR count). The first-order valence-electron chi connectivity index (χ1n) is 6.61. The maximum Gasteiger partial charge on any atom is 0.0743 e. The third kappa shape index (κ3) is 1.90. The number of nitrogen functional groups attached to an aromatic ring is 1. The van der Waals surface area contributed by atoms with Crippen LogP contribution in [0.25, 0.3) is 10.9 Å². The second-order valence-corrected chi connectivity index (χ2v) is 5.31. The molecule has 3 N–H and O–H groups in total. The molecule has 0 atom stereocenters. The standard InChI is InChI=1S/C15H19N3/c1-2-15(7-8-15)10-18-14-11-5-3-4-6-13(11)17-9-12(14)16/h3-6,9H,2,7-8,10,16H2,1H3,(H,17,18). The molecular formula is C15H19N3. The van der Waals surface area contributed by atoms with Crippen LogP contribution in [0.2, 0.25) is 0 Å². The smallest absolute Gasteiger partial charge is 0.0743 e. The second-order valence-electron chi connectivity index (χ2n) is 5.31. The zero-order valence-corrected chi connectivity index (χ0v) is 10.7. The zero-order chi connectivity index (χ0) is 12.6. The van der Waals surface area contributed by atoms with E-state index in [1.54, 1.807) is 6.20 Å². The molecule has 1 fully saturated rings. The summed E-state index contributed by atoms with van der Waals surface area (Å²) in [5.74, 6) is 0. The quantitative estimate of drug-likeness (QED) is 0.862. The average molecular weight is 241 g/mol. The van der Waals surface area contributed by atoms with Crippen LogP contribution in [0.1, 0.15) is 26.2 Å². The van der Waals surface area contributed by atoms with Crippen LogP contribution in [0.3, 0.4) is 0 Å². The van der Waals surface area contributed by atoms with E-state index < -0.39 is 0 Å². The predicted molar refractivity (Wildman–Crippen MR) is 76.6 cm³/mol. The van der Waals surface area contributed by atoms with Crippen molar-refractivity contribution in [2.75, 3.05) is 17.6 Å². The summed E-state index contributed by atoms with van der Waals surface area (Å²) in [5, 5.41) is 4.66. The van der Waals surface area contributed by atoms with Crippen LogP contribution >= 0.6 is 0 Å². The van der Waals surface area contributed by atoms with Crippen molar-refractivity contribution >= 4 is 22.3 Å². The zero-order valence-electron chi connectivity index (χ0n) is 10.7. The number of para-hydroxylation sites is 1. The van der Waals surface area contributed by atoms with E-state index in [1.807, 2.05) is 18.2 Å². The molecule has 0 saturated heterocycles. The molecule has 1 saturated carbocycles. The number of rotatable bonds is 4. The first-order valence-corrected chi connectivity index (χ1v) is 6.61. The van der Waals surface area contributed by atoms with Crippen molar-refractivity contribution in [2.45, 2.75) is 26.2 Å². The fraction of sp³-hybridized carbons (Fsp3) is 0.400. The molecule has 94 valence electrons. The fourth-order valence-corrected chi connectivity index (χ4v) is 2.46. The van der Waals surface area contributed by atoms with Gasteiger partial charge in [-0.1, -0.05) is 25.1 Å². The highest BCUT2D eigenvalue weighted by Gasteiger charge is 2.40. The Hall–Kier alpha value is -1.77. The van der Waals surface area contributed by atoms with Gasteiger partial charge in [0, 0.05) is 11.9 Å². The van der Waals surface area contributed by atoms with Crippen LogP contribution in [0.15, 0.2) is 30.5 Å². The Morgan fingerprint density at radius 1 is 1.33 bits per heavy atom. The highest BCUT2D eigenvalue weighted by atomic mass is 14.9. The van der Waals surface area contributed by atoms with Crippen molar-refractivity contribution in [1.82, 2.24) is 4.98 Å². The Morgan fingerprint density at radius 2 is 2.11 bits per heavy atom. The molecule has 1 aliphatic carbocycles. The minimum atomic E-state index is 0.511. The third-order valence-corrected chi connectivity index (χ3v) is 4.15. The van der Waals surface area contributed by atoms with E-state index in [0.717, 1.165) is 28.8 Å². The van der Waals surface area contributed by atoms with Gasteiger partial charge in [-0.2, -0.15) is 0 Å². The van der Waals surface area contributed by atoms with Gasteiger partial charge in [-0.05, 0) is 30.7 Å². The molecule has 0 radical (unpaired) electrons. The van der Waals surface area contributed by atoms with Gasteiger partial charge >= 0.3 is 0 Å². The van der Waals surface area contributed by atoms with Crippen molar-refractivity contribution in [3.63, 3.8) is 0 Å². The average Bonchev–Trinajstić information content (AvgIpc) is 3.18. The lowest BCUT2D eigenvalue weighted by molar-refractivity contribution is 0.522. The Kier molecular flexibility index (Phi) is 2.62. The summed E-state index contributed by atoms with van der Waals surface area (Å²) in [6, 6.07) is 8.13. The van der Waals surface area contributed by atoms with Gasteiger partial charge in [0.1, 0.15) is 0 Å². The number of fused-ring (bicyclic) bond motifs is 1. The van der Waals surface area contributed by atoms with Crippen molar-refractivity contribution < 1.29 is 0 Å². The molecule has 0 aliphatic heterocycles. The van der Waals surface area contributed by atoms with E-state index in [2.05, 4.69) is 23.3 Å². The number of hydrogen-bond donors (Lipinski definition) is 2. The lowest BCUT2D eigenvalue weighted by Crippen LogP contribution is -2.15. The number of nitrogens with two attached hydrogens (primary N) is 1. The van der Waals surface area contributed by atoms with Crippen LogP contribution in [-0.2, 0) is 0 Å². The van der Waals surface area contributed by atoms with Gasteiger partial charge in [0.25, 0.3) is 0 Å². The summed E-state index contributed by atoms with van der Waals surface area (Å²) in [6.07, 6.45) is 5.65. The van der Waals surface area contributed by atoms with Gasteiger partial charge in [-0.25, -0.2) is 0 Å². The number of aromatic nitrogens is 1. The molecular weight excluding hydrogens is 222 g/mol. The van der Waals surface area contributed by atoms with Gasteiger partial charge in [0.15, 0.2) is 0 Å². The van der Waals surface area contributed by atoms with E-state index in [0.29, 0.717) is 5.41 Å². The second kappa shape index (κ2) is 4.16. The van der Waals surface area contributed by atoms with E-state index in [1.165, 1.54) is 19.3 Å². The Morgan fingerprint density at radius 3 is 2.83 bits per heavy atom. The summed E-state index contributed by atoms with van der Waals surface area (Å²) >= 11 is 0. The van der Waals surface area contributed by atoms with E-state index in [4.69, 9.17) is 5.73 Å². The highest BCUT2D eigenvalue weighted by molar-refractivity contribution is 5.96. The molecule has 0 unspecified atom stereocenters. The van der Waals surface area contributed by atoms with Crippen LogP contribution in [0.5, 0.6) is 0 Å². The normalized spacial score (nSPS) is 16.7. The molecule has 0 bridgehead atoms. The largest absolute Gasteiger partial charge is 0.396 e. The Bertz CT molecular complexity index is 573. The van der Waals surface area contributed by atoms with Crippen molar-refractivity contribution in [2.24, 2.45) is 5.41 Å². The van der Waals surface area contributed by atoms with Crippen LogP contribution in [-0.4, -0.2) is 11.5 Å². The predicted octanol–water partition coefficient (Wildman–Crippen LogP) is 3.42. The first kappa shape index (κ1) is 11.3. The van der Waals surface area contributed by atoms with Crippen LogP contribution in [0, 0.1) is 5.41 Å². The number of anilines is 2. The molecule has 1 aromatic heterocycles. The van der Waals surface area contributed by atoms with Gasteiger partial charge in [-0.3, -0.25) is 4.98 Å². The van der Waals surface area contributed by atoms with E-state index >= 15 is 0 Å². The van der Waals surface area contributed by atoms with Crippen molar-refractivity contribution in [1.29, 1.82) is 0 Å². The molecule has 1 aromatic carbocycles. The van der Waals surface area contributed by atoms with Gasteiger partial charge in [-0.15, -0.1) is 0 Å². The molecule has 0 spiro atoms. The lowest BCUT2D eigenvalue weighted by atomic mass is 10.0. The molecule has 18 heavy (non-hydrogen) atoms. The molecule has 3 heteroatoms. The number of benzene rings is 1. The fourth-order valence-electron chi connectivity index (χ4n) is 2.46. The summed E-state index contributed by atoms with van der Waals surface area (Å²) < 4.78 is 0. The summed E-state index contributed by atoms with van der Waals surface area (Å²) in [7, 11) is 0. The van der Waals surface area contributed by atoms with Crippen LogP contribution in [0.4, 0.5) is 11.4 Å². The number of hydrogen-bond acceptors (Lipinski definition) is 3. The minimum Gasteiger partial charge on any atom is -0.396 e. The summed E-state index contributed by atoms with van der Waals surface area (Å²) in [5.41, 5.74) is 9.34. The Labute approximate surface area is 107 Å². The maximum absolute atomic E-state index is 6.05. The lowest BCUT2D eigenvalue weighted by Gasteiger charge is -2.17.